The number of hydrogen-bond donors (Lipinski definition) is 1. The van der Waals surface area contributed by atoms with Gasteiger partial charge >= 0.3 is 0 Å². The minimum atomic E-state index is -0.512. The van der Waals surface area contributed by atoms with Gasteiger partial charge in [-0.3, -0.25) is 4.79 Å². The van der Waals surface area contributed by atoms with Crippen LogP contribution >= 0.6 is 11.6 Å². The molecule has 1 N–H and O–H groups in total. The highest BCUT2D eigenvalue weighted by Crippen LogP contribution is 2.24. The molecule has 0 aromatic heterocycles. The Morgan fingerprint density at radius 2 is 1.71 bits per heavy atom. The van der Waals surface area contributed by atoms with Gasteiger partial charge in [-0.05, 0) is 48.0 Å². The second-order valence-corrected chi connectivity index (χ2v) is 5.21. The summed E-state index contributed by atoms with van der Waals surface area (Å²) in [5, 5.41) is 12.5. The Morgan fingerprint density at radius 1 is 1.12 bits per heavy atom. The summed E-state index contributed by atoms with van der Waals surface area (Å²) in [6, 6.07) is 13.6. The van der Waals surface area contributed by atoms with Crippen LogP contribution in [0.2, 0.25) is 5.02 Å². The molecule has 2 rings (SSSR count). The van der Waals surface area contributed by atoms with E-state index >= 15 is 0 Å². The molecular formula is C18H15ClN2O3. The number of methoxy groups -OCH3 is 2. The van der Waals surface area contributed by atoms with Crippen molar-refractivity contribution in [2.75, 3.05) is 19.5 Å². The molecule has 2 aromatic carbocycles. The third-order valence-electron chi connectivity index (χ3n) is 3.15. The molecule has 0 aliphatic carbocycles. The maximum atomic E-state index is 12.2. The fourth-order valence-electron chi connectivity index (χ4n) is 1.96. The van der Waals surface area contributed by atoms with Crippen LogP contribution in [-0.2, 0) is 4.79 Å². The average molecular weight is 343 g/mol. The van der Waals surface area contributed by atoms with E-state index in [4.69, 9.17) is 21.1 Å². The Morgan fingerprint density at radius 3 is 2.21 bits per heavy atom. The molecule has 0 radical (unpaired) electrons. The minimum absolute atomic E-state index is 0.0414. The van der Waals surface area contributed by atoms with Crippen LogP contribution < -0.4 is 14.8 Å². The molecule has 0 heterocycles. The summed E-state index contributed by atoms with van der Waals surface area (Å²) in [6.07, 6.45) is 1.47. The van der Waals surface area contributed by atoms with Crippen LogP contribution in [0.1, 0.15) is 5.56 Å². The van der Waals surface area contributed by atoms with E-state index < -0.39 is 5.91 Å². The molecule has 1 amide bonds. The molecule has 0 bridgehead atoms. The molecular weight excluding hydrogens is 328 g/mol. The average Bonchev–Trinajstić information content (AvgIpc) is 2.61. The van der Waals surface area contributed by atoms with Crippen molar-refractivity contribution in [3.63, 3.8) is 0 Å². The van der Waals surface area contributed by atoms with Gasteiger partial charge in [-0.2, -0.15) is 5.26 Å². The van der Waals surface area contributed by atoms with Crippen molar-refractivity contribution < 1.29 is 14.3 Å². The lowest BCUT2D eigenvalue weighted by Gasteiger charge is -2.07. The molecule has 5 nitrogen and oxygen atoms in total. The summed E-state index contributed by atoms with van der Waals surface area (Å²) in [6.45, 7) is 0. The van der Waals surface area contributed by atoms with E-state index in [9.17, 15) is 10.1 Å². The highest BCUT2D eigenvalue weighted by Gasteiger charge is 2.10. The number of carbonyl (C=O) groups excluding carboxylic acids is 1. The molecule has 122 valence electrons. The predicted octanol–water partition coefficient (Wildman–Crippen LogP) is 3.90. The third kappa shape index (κ3) is 4.51. The lowest BCUT2D eigenvalue weighted by molar-refractivity contribution is -0.112. The van der Waals surface area contributed by atoms with Gasteiger partial charge in [-0.1, -0.05) is 11.6 Å². The summed E-state index contributed by atoms with van der Waals surface area (Å²) < 4.78 is 10.3. The van der Waals surface area contributed by atoms with E-state index in [1.165, 1.54) is 20.3 Å². The number of nitrogens with zero attached hydrogens (tertiary/aromatic N) is 1. The zero-order chi connectivity index (χ0) is 17.5. The van der Waals surface area contributed by atoms with Crippen LogP contribution in [0.25, 0.3) is 6.08 Å². The summed E-state index contributed by atoms with van der Waals surface area (Å²) in [7, 11) is 3.06. The first-order valence-corrected chi connectivity index (χ1v) is 7.35. The summed E-state index contributed by atoms with van der Waals surface area (Å²) in [4.78, 5) is 12.2. The molecule has 2 aromatic rings. The van der Waals surface area contributed by atoms with Crippen LogP contribution in [0.15, 0.2) is 48.0 Å². The molecule has 0 atom stereocenters. The zero-order valence-electron chi connectivity index (χ0n) is 13.2. The number of halogens is 1. The summed E-state index contributed by atoms with van der Waals surface area (Å²) in [5.41, 5.74) is 1.13. The molecule has 0 fully saturated rings. The lowest BCUT2D eigenvalue weighted by Crippen LogP contribution is -2.13. The quantitative estimate of drug-likeness (QED) is 0.660. The molecule has 0 spiro atoms. The van der Waals surface area contributed by atoms with E-state index in [-0.39, 0.29) is 5.57 Å². The smallest absolute Gasteiger partial charge is 0.266 e. The highest BCUT2D eigenvalue weighted by molar-refractivity contribution is 6.30. The van der Waals surface area contributed by atoms with Gasteiger partial charge in [0, 0.05) is 16.8 Å². The van der Waals surface area contributed by atoms with Crippen LogP contribution in [-0.4, -0.2) is 20.1 Å². The maximum absolute atomic E-state index is 12.2. The Labute approximate surface area is 145 Å². The fraction of sp³-hybridized carbons (Fsp3) is 0.111. The van der Waals surface area contributed by atoms with Crippen molar-refractivity contribution in [2.45, 2.75) is 0 Å². The van der Waals surface area contributed by atoms with Gasteiger partial charge in [0.05, 0.1) is 14.2 Å². The number of ether oxygens (including phenoxy) is 2. The second kappa shape index (κ2) is 8.04. The van der Waals surface area contributed by atoms with Crippen LogP contribution in [0.3, 0.4) is 0 Å². The van der Waals surface area contributed by atoms with E-state index in [1.807, 2.05) is 6.07 Å². The van der Waals surface area contributed by atoms with E-state index in [0.717, 1.165) is 0 Å². The number of carbonyl (C=O) groups is 1. The second-order valence-electron chi connectivity index (χ2n) is 4.78. The first kappa shape index (κ1) is 17.4. The van der Waals surface area contributed by atoms with Gasteiger partial charge in [0.2, 0.25) is 0 Å². The number of anilines is 1. The summed E-state index contributed by atoms with van der Waals surface area (Å²) >= 11 is 5.80. The monoisotopic (exact) mass is 342 g/mol. The molecule has 0 aliphatic rings. The van der Waals surface area contributed by atoms with Crippen LogP contribution in [0.4, 0.5) is 5.69 Å². The Hall–Kier alpha value is -2.97. The van der Waals surface area contributed by atoms with E-state index in [2.05, 4.69) is 5.32 Å². The number of nitrogens with one attached hydrogen (secondary N) is 1. The largest absolute Gasteiger partial charge is 0.497 e. The number of amides is 1. The van der Waals surface area contributed by atoms with Crippen molar-refractivity contribution in [3.05, 3.63) is 58.6 Å². The standard InChI is InChI=1S/C18H15ClN2O3/c1-23-16-8-12(9-17(10-16)24-2)7-13(11-20)18(22)21-15-5-3-14(19)4-6-15/h3-10H,1-2H3,(H,21,22)/b13-7+. The van der Waals surface area contributed by atoms with E-state index in [1.54, 1.807) is 42.5 Å². The number of rotatable bonds is 5. The van der Waals surface area contributed by atoms with Crippen molar-refractivity contribution in [1.82, 2.24) is 0 Å². The molecule has 0 unspecified atom stereocenters. The molecule has 24 heavy (non-hydrogen) atoms. The Balaban J connectivity index is 2.26. The highest BCUT2D eigenvalue weighted by atomic mass is 35.5. The number of hydrogen-bond acceptors (Lipinski definition) is 4. The molecule has 0 aliphatic heterocycles. The normalized spacial score (nSPS) is 10.7. The van der Waals surface area contributed by atoms with Crippen molar-refractivity contribution in [1.29, 1.82) is 5.26 Å². The zero-order valence-corrected chi connectivity index (χ0v) is 13.9. The topological polar surface area (TPSA) is 71.3 Å². The van der Waals surface area contributed by atoms with Crippen molar-refractivity contribution in [3.8, 4) is 17.6 Å². The SMILES string of the molecule is COc1cc(/C=C(\C#N)C(=O)Nc2ccc(Cl)cc2)cc(OC)c1. The van der Waals surface area contributed by atoms with Gasteiger partial charge in [-0.25, -0.2) is 0 Å². The summed E-state index contributed by atoms with van der Waals surface area (Å²) in [5.74, 6) is 0.619. The number of benzene rings is 2. The van der Waals surface area contributed by atoms with Crippen molar-refractivity contribution >= 4 is 29.3 Å². The molecule has 0 saturated heterocycles. The fourth-order valence-corrected chi connectivity index (χ4v) is 2.09. The van der Waals surface area contributed by atoms with E-state index in [0.29, 0.717) is 27.8 Å². The van der Waals surface area contributed by atoms with Gasteiger partial charge in [0.1, 0.15) is 23.1 Å². The first-order chi connectivity index (χ1) is 11.5. The van der Waals surface area contributed by atoms with Gasteiger partial charge in [0.15, 0.2) is 0 Å². The number of nitriles is 1. The first-order valence-electron chi connectivity index (χ1n) is 6.97. The Bertz CT molecular complexity index is 786. The van der Waals surface area contributed by atoms with Gasteiger partial charge < -0.3 is 14.8 Å². The van der Waals surface area contributed by atoms with Gasteiger partial charge in [-0.15, -0.1) is 0 Å². The minimum Gasteiger partial charge on any atom is -0.497 e. The third-order valence-corrected chi connectivity index (χ3v) is 3.40. The Kier molecular flexibility index (Phi) is 5.83. The molecule has 0 saturated carbocycles. The predicted molar refractivity (Wildman–Crippen MR) is 93.2 cm³/mol. The lowest BCUT2D eigenvalue weighted by atomic mass is 10.1. The van der Waals surface area contributed by atoms with Crippen LogP contribution in [0, 0.1) is 11.3 Å². The van der Waals surface area contributed by atoms with Crippen molar-refractivity contribution in [2.24, 2.45) is 0 Å². The van der Waals surface area contributed by atoms with Crippen LogP contribution in [0.5, 0.6) is 11.5 Å². The maximum Gasteiger partial charge on any atom is 0.266 e. The van der Waals surface area contributed by atoms with Gasteiger partial charge in [0.25, 0.3) is 5.91 Å². The molecule has 6 heteroatoms.